The fourth-order valence-corrected chi connectivity index (χ4v) is 2.12. The summed E-state index contributed by atoms with van der Waals surface area (Å²) in [4.78, 5) is 0. The zero-order chi connectivity index (χ0) is 12.4. The van der Waals surface area contributed by atoms with Crippen LogP contribution in [0.1, 0.15) is 46.5 Å². The molecule has 16 heavy (non-hydrogen) atoms. The molecule has 0 amide bonds. The van der Waals surface area contributed by atoms with Gasteiger partial charge in [-0.1, -0.05) is 4.40 Å². The van der Waals surface area contributed by atoms with E-state index in [0.29, 0.717) is 25.7 Å². The van der Waals surface area contributed by atoms with Crippen molar-refractivity contribution in [1.82, 2.24) is 0 Å². The lowest BCUT2D eigenvalue weighted by Crippen LogP contribution is -2.37. The third kappa shape index (κ3) is 4.03. The molecule has 1 atom stereocenters. The Balaban J connectivity index is 2.56. The van der Waals surface area contributed by atoms with Crippen LogP contribution in [0.15, 0.2) is 4.40 Å². The number of nitrogens with zero attached hydrogens (tertiary/aromatic N) is 1. The van der Waals surface area contributed by atoms with Gasteiger partial charge in [0.1, 0.15) is 27.9 Å². The van der Waals surface area contributed by atoms with Crippen molar-refractivity contribution in [3.63, 3.8) is 0 Å². The molecule has 94 valence electrons. The molecule has 0 spiro atoms. The maximum absolute atomic E-state index is 12.9. The highest BCUT2D eigenvalue weighted by Crippen LogP contribution is 2.29. The van der Waals surface area contributed by atoms with E-state index in [1.54, 1.807) is 0 Å². The quantitative estimate of drug-likeness (QED) is 0.602. The Morgan fingerprint density at radius 3 is 2.38 bits per heavy atom. The molecule has 0 bridgehead atoms. The summed E-state index contributed by atoms with van der Waals surface area (Å²) in [5.74, 6) is 0. The number of aliphatic hydroxyl groups is 1. The Bertz CT molecular complexity index is 257. The molecule has 5 heteroatoms. The van der Waals surface area contributed by atoms with Crippen LogP contribution in [-0.2, 0) is 11.4 Å². The largest absolute Gasteiger partial charge is 0.591 e. The third-order valence-corrected chi connectivity index (χ3v) is 4.04. The Morgan fingerprint density at radius 1 is 1.44 bits per heavy atom. The molecule has 1 aliphatic carbocycles. The van der Waals surface area contributed by atoms with Gasteiger partial charge in [0, 0.05) is 0 Å². The summed E-state index contributed by atoms with van der Waals surface area (Å²) in [6, 6.07) is 0. The van der Waals surface area contributed by atoms with Crippen molar-refractivity contribution in [1.29, 1.82) is 0 Å². The van der Waals surface area contributed by atoms with Crippen LogP contribution in [0.5, 0.6) is 0 Å². The van der Waals surface area contributed by atoms with Crippen molar-refractivity contribution >= 4 is 17.6 Å². The first-order chi connectivity index (χ1) is 7.23. The topological polar surface area (TPSA) is 55.7 Å². The molecule has 0 saturated heterocycles. The fourth-order valence-electron chi connectivity index (χ4n) is 1.52. The molecule has 1 N–H and O–H groups in total. The van der Waals surface area contributed by atoms with Crippen molar-refractivity contribution in [2.45, 2.75) is 63.0 Å². The van der Waals surface area contributed by atoms with Crippen LogP contribution < -0.4 is 0 Å². The summed E-state index contributed by atoms with van der Waals surface area (Å²) in [5.41, 5.74) is -1.07. The van der Waals surface area contributed by atoms with Gasteiger partial charge in [-0.3, -0.25) is 0 Å². The Labute approximate surface area is 99.5 Å². The molecule has 0 radical (unpaired) electrons. The van der Waals surface area contributed by atoms with Gasteiger partial charge in [0.2, 0.25) is 0 Å². The zero-order valence-corrected chi connectivity index (χ0v) is 10.9. The number of rotatable bonds is 2. The molecule has 0 unspecified atom stereocenters. The highest BCUT2D eigenvalue weighted by atomic mass is 32.2. The van der Waals surface area contributed by atoms with Crippen molar-refractivity contribution in [3.8, 4) is 0 Å². The van der Waals surface area contributed by atoms with E-state index < -0.39 is 27.9 Å². The molecule has 3 nitrogen and oxygen atoms in total. The van der Waals surface area contributed by atoms with Crippen molar-refractivity contribution in [2.75, 3.05) is 0 Å². The second-order valence-electron chi connectivity index (χ2n) is 5.37. The lowest BCUT2D eigenvalue weighted by Gasteiger charge is -2.29. The molecule has 0 aromatic carbocycles. The van der Waals surface area contributed by atoms with Crippen LogP contribution in [0, 0.1) is 0 Å². The van der Waals surface area contributed by atoms with Gasteiger partial charge in [0.25, 0.3) is 0 Å². The highest BCUT2D eigenvalue weighted by molar-refractivity contribution is 7.91. The molecular formula is C11H20FNO2S. The first-order valence-electron chi connectivity index (χ1n) is 5.57. The summed E-state index contributed by atoms with van der Waals surface area (Å²) >= 11 is -1.36. The highest BCUT2D eigenvalue weighted by Gasteiger charge is 2.34. The Hall–Kier alpha value is -0.130. The summed E-state index contributed by atoms with van der Waals surface area (Å²) in [7, 11) is 0. The third-order valence-electron chi connectivity index (χ3n) is 2.69. The van der Waals surface area contributed by atoms with Crippen LogP contribution in [-0.4, -0.2) is 32.4 Å². The normalized spacial score (nSPS) is 34.2. The minimum absolute atomic E-state index is 0.352. The predicted molar refractivity (Wildman–Crippen MR) is 64.7 cm³/mol. The van der Waals surface area contributed by atoms with Gasteiger partial charge >= 0.3 is 0 Å². The van der Waals surface area contributed by atoms with Gasteiger partial charge < -0.3 is 9.66 Å². The van der Waals surface area contributed by atoms with E-state index in [1.807, 2.05) is 20.8 Å². The van der Waals surface area contributed by atoms with E-state index in [9.17, 15) is 14.0 Å². The fraction of sp³-hybridized carbons (Fsp3) is 0.909. The molecular weight excluding hydrogens is 229 g/mol. The van der Waals surface area contributed by atoms with E-state index in [2.05, 4.69) is 4.40 Å². The van der Waals surface area contributed by atoms with Gasteiger partial charge in [-0.05, 0) is 46.5 Å². The Kier molecular flexibility index (Phi) is 4.37. The summed E-state index contributed by atoms with van der Waals surface area (Å²) in [6.07, 6.45) is 1.95. The van der Waals surface area contributed by atoms with Crippen LogP contribution >= 0.6 is 0 Å². The maximum atomic E-state index is 12.9. The van der Waals surface area contributed by atoms with E-state index in [4.69, 9.17) is 0 Å². The van der Waals surface area contributed by atoms with Gasteiger partial charge in [0.15, 0.2) is 0 Å². The monoisotopic (exact) mass is 249 g/mol. The van der Waals surface area contributed by atoms with Crippen molar-refractivity contribution < 1.29 is 14.0 Å². The maximum Gasteiger partial charge on any atom is 0.144 e. The van der Waals surface area contributed by atoms with Gasteiger partial charge in [-0.15, -0.1) is 0 Å². The standard InChI is InChI=1S/C11H20FNO2S/c1-10(2,3)16(15)13-8-11(14)6-4-9(12)5-7-11/h8-9,14H,4-7H2,1-3H3/b13-8+/t9-,11-,16-/m0/s1. The molecule has 1 fully saturated rings. The first kappa shape index (κ1) is 13.9. The minimum Gasteiger partial charge on any atom is -0.591 e. The van der Waals surface area contributed by atoms with Crippen LogP contribution in [0.2, 0.25) is 0 Å². The second kappa shape index (κ2) is 5.02. The number of halogens is 1. The lowest BCUT2D eigenvalue weighted by atomic mass is 9.85. The van der Waals surface area contributed by atoms with Crippen LogP contribution in [0.25, 0.3) is 0 Å². The molecule has 0 aliphatic heterocycles. The first-order valence-corrected chi connectivity index (χ1v) is 6.67. The van der Waals surface area contributed by atoms with E-state index in [1.165, 1.54) is 6.21 Å². The van der Waals surface area contributed by atoms with Gasteiger partial charge in [0.05, 0.1) is 6.21 Å². The number of hydrogen-bond donors (Lipinski definition) is 1. The molecule has 1 saturated carbocycles. The SMILES string of the molecule is CC(C)(C)[S@+]([O-])/N=C/[C@]1(O)CC[C@H](F)CC1. The molecule has 0 heterocycles. The minimum atomic E-state index is -1.36. The number of alkyl halides is 1. The lowest BCUT2D eigenvalue weighted by molar-refractivity contribution is 0.0486. The Morgan fingerprint density at radius 2 is 1.94 bits per heavy atom. The summed E-state index contributed by atoms with van der Waals surface area (Å²) in [6.45, 7) is 5.47. The number of hydrogen-bond acceptors (Lipinski definition) is 3. The van der Waals surface area contributed by atoms with E-state index in [-0.39, 0.29) is 0 Å². The van der Waals surface area contributed by atoms with Crippen molar-refractivity contribution in [2.24, 2.45) is 4.40 Å². The van der Waals surface area contributed by atoms with Gasteiger partial charge in [-0.2, -0.15) is 0 Å². The van der Waals surface area contributed by atoms with Crippen molar-refractivity contribution in [3.05, 3.63) is 0 Å². The molecule has 1 rings (SSSR count). The van der Waals surface area contributed by atoms with Gasteiger partial charge in [-0.25, -0.2) is 4.39 Å². The molecule has 1 aliphatic rings. The van der Waals surface area contributed by atoms with Crippen LogP contribution in [0.4, 0.5) is 4.39 Å². The average Bonchev–Trinajstić information content (AvgIpc) is 2.18. The second-order valence-corrected chi connectivity index (χ2v) is 7.31. The predicted octanol–water partition coefficient (Wildman–Crippen LogP) is 2.16. The molecule has 0 aromatic heterocycles. The summed E-state index contributed by atoms with van der Waals surface area (Å²) < 4.78 is 28.0. The zero-order valence-electron chi connectivity index (χ0n) is 10.1. The average molecular weight is 249 g/mol. The van der Waals surface area contributed by atoms with E-state index in [0.717, 1.165) is 0 Å². The van der Waals surface area contributed by atoms with E-state index >= 15 is 0 Å². The molecule has 0 aromatic rings. The van der Waals surface area contributed by atoms with Crippen LogP contribution in [0.3, 0.4) is 0 Å². The smallest absolute Gasteiger partial charge is 0.144 e. The summed E-state index contributed by atoms with van der Waals surface area (Å²) in [5, 5.41) is 10.1.